The van der Waals surface area contributed by atoms with Crippen molar-refractivity contribution < 1.29 is 22.7 Å². The highest BCUT2D eigenvalue weighted by atomic mass is 32.2. The maximum atomic E-state index is 12.7. The monoisotopic (exact) mass is 408 g/mol. The Hall–Kier alpha value is -1.93. The first kappa shape index (κ1) is 20.8. The smallest absolute Gasteiger partial charge is 0.338 e. The summed E-state index contributed by atoms with van der Waals surface area (Å²) in [5.74, 6) is -0.877. The van der Waals surface area contributed by atoms with Crippen molar-refractivity contribution in [2.45, 2.75) is 56.4 Å². The summed E-state index contributed by atoms with van der Waals surface area (Å²) in [6.45, 7) is 3.42. The normalized spacial score (nSPS) is 20.9. The number of ether oxygens (including phenoxy) is 1. The van der Waals surface area contributed by atoms with Crippen molar-refractivity contribution in [3.8, 4) is 0 Å². The predicted octanol–water partition coefficient (Wildman–Crippen LogP) is 2.42. The molecule has 28 heavy (non-hydrogen) atoms. The standard InChI is InChI=1S/C20H28N2O5S/c1-2-17-9-3-4-13-22(17)19(23)15-27-20(24)16-8-7-10-18(14-16)28(25,26)21-11-5-6-12-21/h7-8,10,14,17H,2-6,9,11-13,15H2,1H3/t17-/m0/s1. The van der Waals surface area contributed by atoms with Gasteiger partial charge in [0.15, 0.2) is 6.61 Å². The average molecular weight is 409 g/mol. The zero-order chi connectivity index (χ0) is 20.1. The third kappa shape index (κ3) is 4.55. The van der Waals surface area contributed by atoms with Crippen molar-refractivity contribution in [3.63, 3.8) is 0 Å². The van der Waals surface area contributed by atoms with E-state index in [4.69, 9.17) is 4.74 Å². The van der Waals surface area contributed by atoms with E-state index in [1.165, 1.54) is 28.6 Å². The molecular weight excluding hydrogens is 380 g/mol. The molecule has 1 aromatic carbocycles. The Kier molecular flexibility index (Phi) is 6.72. The van der Waals surface area contributed by atoms with Gasteiger partial charge in [0.2, 0.25) is 10.0 Å². The van der Waals surface area contributed by atoms with Gasteiger partial charge in [0.1, 0.15) is 0 Å². The molecule has 0 bridgehead atoms. The molecule has 2 aliphatic rings. The van der Waals surface area contributed by atoms with Crippen LogP contribution in [0.5, 0.6) is 0 Å². The molecule has 0 unspecified atom stereocenters. The molecule has 154 valence electrons. The highest BCUT2D eigenvalue weighted by Crippen LogP contribution is 2.22. The van der Waals surface area contributed by atoms with Crippen LogP contribution < -0.4 is 0 Å². The number of nitrogens with zero attached hydrogens (tertiary/aromatic N) is 2. The quantitative estimate of drug-likeness (QED) is 0.675. The van der Waals surface area contributed by atoms with Gasteiger partial charge in [-0.3, -0.25) is 4.79 Å². The Morgan fingerprint density at radius 3 is 2.54 bits per heavy atom. The number of carbonyl (C=O) groups excluding carboxylic acids is 2. The van der Waals surface area contributed by atoms with Gasteiger partial charge in [0.25, 0.3) is 5.91 Å². The summed E-state index contributed by atoms with van der Waals surface area (Å²) in [5, 5.41) is 0. The van der Waals surface area contributed by atoms with Crippen LogP contribution in [0.15, 0.2) is 29.2 Å². The third-order valence-electron chi connectivity index (χ3n) is 5.52. The van der Waals surface area contributed by atoms with Gasteiger partial charge in [-0.25, -0.2) is 13.2 Å². The number of esters is 1. The lowest BCUT2D eigenvalue weighted by Crippen LogP contribution is -2.45. The Bertz CT molecular complexity index is 818. The number of benzene rings is 1. The SMILES string of the molecule is CC[C@H]1CCCCN1C(=O)COC(=O)c1cccc(S(=O)(=O)N2CCCC2)c1. The Morgan fingerprint density at radius 1 is 1.11 bits per heavy atom. The summed E-state index contributed by atoms with van der Waals surface area (Å²) < 4.78 is 32.0. The molecule has 2 heterocycles. The molecular formula is C20H28N2O5S. The molecule has 1 amide bonds. The first-order valence-corrected chi connectivity index (χ1v) is 11.4. The molecule has 0 saturated carbocycles. The van der Waals surface area contributed by atoms with Crippen molar-refractivity contribution >= 4 is 21.9 Å². The van der Waals surface area contributed by atoms with Gasteiger partial charge in [0.05, 0.1) is 10.5 Å². The molecule has 0 aliphatic carbocycles. The molecule has 2 fully saturated rings. The first-order chi connectivity index (χ1) is 13.4. The average Bonchev–Trinajstić information content (AvgIpc) is 3.27. The van der Waals surface area contributed by atoms with Crippen LogP contribution in [0.4, 0.5) is 0 Å². The Labute approximate surface area is 166 Å². The number of hydrogen-bond acceptors (Lipinski definition) is 5. The largest absolute Gasteiger partial charge is 0.452 e. The highest BCUT2D eigenvalue weighted by molar-refractivity contribution is 7.89. The number of rotatable bonds is 6. The van der Waals surface area contributed by atoms with Crippen LogP contribution in [-0.4, -0.2) is 61.8 Å². The van der Waals surface area contributed by atoms with Gasteiger partial charge in [0, 0.05) is 25.7 Å². The second kappa shape index (κ2) is 9.05. The van der Waals surface area contributed by atoms with E-state index in [1.807, 2.05) is 0 Å². The zero-order valence-electron chi connectivity index (χ0n) is 16.3. The summed E-state index contributed by atoms with van der Waals surface area (Å²) >= 11 is 0. The molecule has 0 radical (unpaired) electrons. The van der Waals surface area contributed by atoms with E-state index in [-0.39, 0.29) is 29.0 Å². The molecule has 7 nitrogen and oxygen atoms in total. The van der Waals surface area contributed by atoms with Gasteiger partial charge < -0.3 is 9.64 Å². The molecule has 1 atom stereocenters. The molecule has 8 heteroatoms. The topological polar surface area (TPSA) is 84.0 Å². The van der Waals surface area contributed by atoms with Crippen LogP contribution in [0.25, 0.3) is 0 Å². The van der Waals surface area contributed by atoms with Crippen molar-refractivity contribution in [3.05, 3.63) is 29.8 Å². The zero-order valence-corrected chi connectivity index (χ0v) is 17.1. The Balaban J connectivity index is 1.64. The van der Waals surface area contributed by atoms with Crippen LogP contribution in [0.2, 0.25) is 0 Å². The highest BCUT2D eigenvalue weighted by Gasteiger charge is 2.28. The fourth-order valence-electron chi connectivity index (χ4n) is 3.91. The van der Waals surface area contributed by atoms with Gasteiger partial charge in [-0.1, -0.05) is 13.0 Å². The summed E-state index contributed by atoms with van der Waals surface area (Å²) in [5.41, 5.74) is 0.138. The lowest BCUT2D eigenvalue weighted by Gasteiger charge is -2.35. The van der Waals surface area contributed by atoms with E-state index in [0.29, 0.717) is 19.6 Å². The third-order valence-corrected chi connectivity index (χ3v) is 7.41. The maximum Gasteiger partial charge on any atom is 0.338 e. The Morgan fingerprint density at radius 2 is 1.82 bits per heavy atom. The van der Waals surface area contributed by atoms with Crippen molar-refractivity contribution in [1.82, 2.24) is 9.21 Å². The van der Waals surface area contributed by atoms with Crippen molar-refractivity contribution in [2.75, 3.05) is 26.2 Å². The second-order valence-electron chi connectivity index (χ2n) is 7.36. The molecule has 0 N–H and O–H groups in total. The molecule has 3 rings (SSSR count). The maximum absolute atomic E-state index is 12.7. The minimum atomic E-state index is -3.60. The van der Waals surface area contributed by atoms with E-state index < -0.39 is 16.0 Å². The number of hydrogen-bond donors (Lipinski definition) is 0. The van der Waals surface area contributed by atoms with E-state index in [0.717, 1.165) is 38.5 Å². The fraction of sp³-hybridized carbons (Fsp3) is 0.600. The minimum Gasteiger partial charge on any atom is -0.452 e. The van der Waals surface area contributed by atoms with Crippen LogP contribution in [0.3, 0.4) is 0 Å². The number of sulfonamides is 1. The van der Waals surface area contributed by atoms with Crippen molar-refractivity contribution in [2.24, 2.45) is 0 Å². The van der Waals surface area contributed by atoms with Crippen LogP contribution in [0, 0.1) is 0 Å². The van der Waals surface area contributed by atoms with Crippen LogP contribution in [-0.2, 0) is 19.6 Å². The van der Waals surface area contributed by atoms with Gasteiger partial charge in [-0.05, 0) is 56.7 Å². The number of likely N-dealkylation sites (tertiary alicyclic amines) is 1. The lowest BCUT2D eigenvalue weighted by atomic mass is 10.00. The summed E-state index contributed by atoms with van der Waals surface area (Å²) in [6.07, 6.45) is 5.63. The van der Waals surface area contributed by atoms with E-state index in [1.54, 1.807) is 4.90 Å². The van der Waals surface area contributed by atoms with E-state index >= 15 is 0 Å². The first-order valence-electron chi connectivity index (χ1n) is 10.0. The second-order valence-corrected chi connectivity index (χ2v) is 9.30. The number of piperidine rings is 1. The molecule has 0 spiro atoms. The molecule has 2 aliphatic heterocycles. The van der Waals surface area contributed by atoms with E-state index in [2.05, 4.69) is 6.92 Å². The number of carbonyl (C=O) groups is 2. The molecule has 2 saturated heterocycles. The van der Waals surface area contributed by atoms with Gasteiger partial charge in [-0.2, -0.15) is 4.31 Å². The van der Waals surface area contributed by atoms with Gasteiger partial charge in [-0.15, -0.1) is 0 Å². The van der Waals surface area contributed by atoms with Crippen LogP contribution in [0.1, 0.15) is 55.8 Å². The summed E-state index contributed by atoms with van der Waals surface area (Å²) in [6, 6.07) is 6.05. The predicted molar refractivity (Wildman–Crippen MR) is 104 cm³/mol. The van der Waals surface area contributed by atoms with Gasteiger partial charge >= 0.3 is 5.97 Å². The summed E-state index contributed by atoms with van der Waals surface area (Å²) in [4.78, 5) is 26.7. The van der Waals surface area contributed by atoms with Crippen molar-refractivity contribution in [1.29, 1.82) is 0 Å². The van der Waals surface area contributed by atoms with E-state index in [9.17, 15) is 18.0 Å². The van der Waals surface area contributed by atoms with Crippen LogP contribution >= 0.6 is 0 Å². The fourth-order valence-corrected chi connectivity index (χ4v) is 5.47. The molecule has 1 aromatic rings. The number of amides is 1. The minimum absolute atomic E-state index is 0.0808. The summed E-state index contributed by atoms with van der Waals surface area (Å²) in [7, 11) is -3.60. The molecule has 0 aromatic heterocycles. The lowest BCUT2D eigenvalue weighted by molar-refractivity contribution is -0.138.